The zero-order chi connectivity index (χ0) is 17.9. The summed E-state index contributed by atoms with van der Waals surface area (Å²) in [4.78, 5) is 25.4. The second kappa shape index (κ2) is 6.64. The van der Waals surface area contributed by atoms with E-state index in [0.29, 0.717) is 17.2 Å². The van der Waals surface area contributed by atoms with Gasteiger partial charge in [0.25, 0.3) is 5.91 Å². The average molecular weight is 345 g/mol. The first-order chi connectivity index (χ1) is 12.7. The molecule has 0 saturated heterocycles. The van der Waals surface area contributed by atoms with Crippen molar-refractivity contribution in [3.63, 3.8) is 0 Å². The van der Waals surface area contributed by atoms with Crippen molar-refractivity contribution in [2.24, 2.45) is 0 Å². The van der Waals surface area contributed by atoms with E-state index in [4.69, 9.17) is 4.74 Å². The Balaban J connectivity index is 1.62. The molecule has 0 unspecified atom stereocenters. The van der Waals surface area contributed by atoms with Gasteiger partial charge in [0.15, 0.2) is 0 Å². The summed E-state index contributed by atoms with van der Waals surface area (Å²) in [5.41, 5.74) is 2.16. The number of nitrogens with zero attached hydrogens (tertiary/aromatic N) is 4. The van der Waals surface area contributed by atoms with Gasteiger partial charge in [-0.1, -0.05) is 30.3 Å². The van der Waals surface area contributed by atoms with Crippen molar-refractivity contribution in [3.8, 4) is 17.1 Å². The Bertz CT molecular complexity index is 1080. The lowest BCUT2D eigenvalue weighted by molar-refractivity contribution is 0.102. The number of pyridine rings is 1. The molecule has 7 heteroatoms. The molecule has 0 fully saturated rings. The third-order valence-corrected chi connectivity index (χ3v) is 3.85. The van der Waals surface area contributed by atoms with Crippen molar-refractivity contribution < 1.29 is 9.53 Å². The smallest absolute Gasteiger partial charge is 0.262 e. The second-order valence-electron chi connectivity index (χ2n) is 5.53. The summed E-state index contributed by atoms with van der Waals surface area (Å²) in [6, 6.07) is 14.9. The first-order valence-electron chi connectivity index (χ1n) is 7.96. The van der Waals surface area contributed by atoms with Crippen LogP contribution < -0.4 is 10.1 Å². The fourth-order valence-electron chi connectivity index (χ4n) is 2.60. The van der Waals surface area contributed by atoms with Crippen molar-refractivity contribution in [3.05, 3.63) is 72.7 Å². The first kappa shape index (κ1) is 15.8. The molecule has 0 saturated carbocycles. The average Bonchev–Trinajstić information content (AvgIpc) is 3.12. The highest BCUT2D eigenvalue weighted by Gasteiger charge is 2.14. The summed E-state index contributed by atoms with van der Waals surface area (Å²) in [7, 11) is 1.47. The summed E-state index contributed by atoms with van der Waals surface area (Å²) in [6.45, 7) is 0. The molecule has 0 atom stereocenters. The van der Waals surface area contributed by atoms with Gasteiger partial charge in [0.1, 0.15) is 11.4 Å². The Morgan fingerprint density at radius 3 is 2.73 bits per heavy atom. The number of carbonyl (C=O) groups excluding carboxylic acids is 1. The zero-order valence-corrected chi connectivity index (χ0v) is 14.0. The maximum absolute atomic E-state index is 12.5. The van der Waals surface area contributed by atoms with Crippen LogP contribution in [0.2, 0.25) is 0 Å². The van der Waals surface area contributed by atoms with E-state index in [1.807, 2.05) is 40.9 Å². The van der Waals surface area contributed by atoms with E-state index in [9.17, 15) is 4.79 Å². The van der Waals surface area contributed by atoms with Gasteiger partial charge in [0, 0.05) is 24.2 Å². The Hall–Kier alpha value is -3.74. The van der Waals surface area contributed by atoms with Crippen molar-refractivity contribution in [2.75, 3.05) is 12.4 Å². The van der Waals surface area contributed by atoms with Gasteiger partial charge >= 0.3 is 0 Å². The zero-order valence-electron chi connectivity index (χ0n) is 14.0. The van der Waals surface area contributed by atoms with Gasteiger partial charge in [-0.3, -0.25) is 9.20 Å². The van der Waals surface area contributed by atoms with Gasteiger partial charge in [0.2, 0.25) is 11.7 Å². The molecule has 4 rings (SSSR count). The molecule has 0 aliphatic carbocycles. The molecule has 1 N–H and O–H groups in total. The molecule has 0 spiro atoms. The topological polar surface area (TPSA) is 81.4 Å². The molecule has 0 aliphatic heterocycles. The minimum Gasteiger partial charge on any atom is -0.480 e. The molecule has 3 heterocycles. The maximum atomic E-state index is 12.5. The highest BCUT2D eigenvalue weighted by atomic mass is 16.5. The van der Waals surface area contributed by atoms with Gasteiger partial charge in [-0.25, -0.2) is 9.97 Å². The Kier molecular flexibility index (Phi) is 4.03. The van der Waals surface area contributed by atoms with Gasteiger partial charge in [-0.05, 0) is 18.2 Å². The van der Waals surface area contributed by atoms with E-state index < -0.39 is 0 Å². The van der Waals surface area contributed by atoms with Crippen LogP contribution in [0.15, 0.2) is 67.1 Å². The van der Waals surface area contributed by atoms with Crippen molar-refractivity contribution in [1.82, 2.24) is 19.4 Å². The number of fused-ring (bicyclic) bond motifs is 1. The minimum absolute atomic E-state index is 0.262. The molecular formula is C19H15N5O2. The fourth-order valence-corrected chi connectivity index (χ4v) is 2.60. The van der Waals surface area contributed by atoms with E-state index >= 15 is 0 Å². The van der Waals surface area contributed by atoms with E-state index in [0.717, 1.165) is 11.3 Å². The monoisotopic (exact) mass is 345 g/mol. The Labute approximate surface area is 149 Å². The predicted octanol–water partition coefficient (Wildman–Crippen LogP) is 3.05. The third kappa shape index (κ3) is 2.98. The van der Waals surface area contributed by atoms with Crippen molar-refractivity contribution >= 4 is 17.5 Å². The maximum Gasteiger partial charge on any atom is 0.262 e. The quantitative estimate of drug-likeness (QED) is 0.615. The van der Waals surface area contributed by atoms with Crippen LogP contribution >= 0.6 is 0 Å². The van der Waals surface area contributed by atoms with Crippen LogP contribution in [0.25, 0.3) is 17.0 Å². The summed E-state index contributed by atoms with van der Waals surface area (Å²) in [6.07, 6.45) is 5.26. The van der Waals surface area contributed by atoms with E-state index in [1.165, 1.54) is 7.11 Å². The molecule has 1 aromatic carbocycles. The van der Waals surface area contributed by atoms with Gasteiger partial charge in [0.05, 0.1) is 12.8 Å². The van der Waals surface area contributed by atoms with Crippen LogP contribution in [0.4, 0.5) is 5.82 Å². The van der Waals surface area contributed by atoms with E-state index in [2.05, 4.69) is 20.3 Å². The lowest BCUT2D eigenvalue weighted by Crippen LogP contribution is -2.15. The van der Waals surface area contributed by atoms with Gasteiger partial charge in [-0.15, -0.1) is 0 Å². The van der Waals surface area contributed by atoms with Crippen LogP contribution in [-0.4, -0.2) is 32.4 Å². The number of ether oxygens (including phenoxy) is 1. The number of aromatic nitrogens is 4. The predicted molar refractivity (Wildman–Crippen MR) is 97.2 cm³/mol. The molecule has 0 bridgehead atoms. The highest BCUT2D eigenvalue weighted by molar-refractivity contribution is 6.05. The molecule has 128 valence electrons. The SMILES string of the molecule is COc1ncccc1C(=O)Nc1ccn2cc(-c3ccccc3)nc2n1. The van der Waals surface area contributed by atoms with Crippen LogP contribution in [0.3, 0.4) is 0 Å². The van der Waals surface area contributed by atoms with Crippen molar-refractivity contribution in [2.45, 2.75) is 0 Å². The third-order valence-electron chi connectivity index (χ3n) is 3.85. The number of hydrogen-bond acceptors (Lipinski definition) is 5. The number of carbonyl (C=O) groups is 1. The minimum atomic E-state index is -0.346. The van der Waals surface area contributed by atoms with Crippen molar-refractivity contribution in [1.29, 1.82) is 0 Å². The Morgan fingerprint density at radius 2 is 1.92 bits per heavy atom. The standard InChI is InChI=1S/C19H15N5O2/c1-26-18-14(8-5-10-20-18)17(25)22-16-9-11-24-12-15(21-19(24)23-16)13-6-3-2-4-7-13/h2-12H,1H3,(H,21,22,23,25). The molecule has 0 radical (unpaired) electrons. The molecular weight excluding hydrogens is 330 g/mol. The summed E-state index contributed by atoms with van der Waals surface area (Å²) in [5, 5.41) is 2.75. The number of rotatable bonds is 4. The molecule has 7 nitrogen and oxygen atoms in total. The number of nitrogens with one attached hydrogen (secondary N) is 1. The number of benzene rings is 1. The van der Waals surface area contributed by atoms with Crippen LogP contribution in [0, 0.1) is 0 Å². The number of amides is 1. The van der Waals surface area contributed by atoms with Gasteiger partial charge < -0.3 is 10.1 Å². The van der Waals surface area contributed by atoms with Crippen LogP contribution in [0.1, 0.15) is 10.4 Å². The molecule has 1 amide bonds. The summed E-state index contributed by atoms with van der Waals surface area (Å²) in [5.74, 6) is 0.818. The summed E-state index contributed by atoms with van der Waals surface area (Å²) < 4.78 is 6.93. The fraction of sp³-hybridized carbons (Fsp3) is 0.0526. The van der Waals surface area contributed by atoms with E-state index in [-0.39, 0.29) is 11.8 Å². The van der Waals surface area contributed by atoms with E-state index in [1.54, 1.807) is 30.6 Å². The lowest BCUT2D eigenvalue weighted by atomic mass is 10.2. The van der Waals surface area contributed by atoms with Crippen LogP contribution in [0.5, 0.6) is 5.88 Å². The number of methoxy groups -OCH3 is 1. The van der Waals surface area contributed by atoms with Crippen LogP contribution in [-0.2, 0) is 0 Å². The molecule has 4 aromatic rings. The number of imidazole rings is 1. The highest BCUT2D eigenvalue weighted by Crippen LogP contribution is 2.19. The summed E-state index contributed by atoms with van der Waals surface area (Å²) >= 11 is 0. The molecule has 3 aromatic heterocycles. The normalized spacial score (nSPS) is 10.7. The molecule has 0 aliphatic rings. The largest absolute Gasteiger partial charge is 0.480 e. The first-order valence-corrected chi connectivity index (χ1v) is 7.96. The van der Waals surface area contributed by atoms with Gasteiger partial charge in [-0.2, -0.15) is 4.98 Å². The number of anilines is 1. The second-order valence-corrected chi connectivity index (χ2v) is 5.53. The lowest BCUT2D eigenvalue weighted by Gasteiger charge is -2.07. The molecule has 26 heavy (non-hydrogen) atoms. The number of hydrogen-bond donors (Lipinski definition) is 1. The Morgan fingerprint density at radius 1 is 1.08 bits per heavy atom.